The number of nitrogens with zero attached hydrogens (tertiary/aromatic N) is 1. The number of nitrogen functional groups attached to an aromatic ring is 1. The molecule has 4 nitrogen and oxygen atoms in total. The third-order valence-electron chi connectivity index (χ3n) is 2.96. The highest BCUT2D eigenvalue weighted by atomic mass is 16.3. The van der Waals surface area contributed by atoms with Crippen molar-refractivity contribution in [2.45, 2.75) is 6.92 Å². The monoisotopic (exact) mass is 252 g/mol. The van der Waals surface area contributed by atoms with E-state index in [2.05, 4.69) is 4.98 Å². The Kier molecular flexibility index (Phi) is 2.56. The first-order chi connectivity index (χ1) is 9.13. The Balaban J connectivity index is 2.06. The van der Waals surface area contributed by atoms with E-state index in [0.717, 1.165) is 11.0 Å². The number of hydrogen-bond donors (Lipinski definition) is 1. The average Bonchev–Trinajstić information content (AvgIpc) is 2.81. The Morgan fingerprint density at radius 2 is 2.05 bits per heavy atom. The topological polar surface area (TPSA) is 69.1 Å². The molecule has 0 atom stereocenters. The summed E-state index contributed by atoms with van der Waals surface area (Å²) in [7, 11) is 0. The maximum absolute atomic E-state index is 11.2. The predicted molar refractivity (Wildman–Crippen MR) is 73.9 cm³/mol. The number of aromatic nitrogens is 1. The SMILES string of the molecule is CC(=O)c1ccc(-c2cc3cc(N)ccc3o2)nc1. The molecule has 0 unspecified atom stereocenters. The number of rotatable bonds is 2. The first kappa shape index (κ1) is 11.5. The molecule has 0 radical (unpaired) electrons. The molecule has 0 amide bonds. The van der Waals surface area contributed by atoms with Gasteiger partial charge in [-0.15, -0.1) is 0 Å². The van der Waals surface area contributed by atoms with Crippen molar-refractivity contribution in [3.63, 3.8) is 0 Å². The number of pyridine rings is 1. The molecule has 3 rings (SSSR count). The first-order valence-electron chi connectivity index (χ1n) is 5.90. The molecule has 0 fully saturated rings. The van der Waals surface area contributed by atoms with E-state index in [-0.39, 0.29) is 5.78 Å². The van der Waals surface area contributed by atoms with Crippen LogP contribution < -0.4 is 5.73 Å². The van der Waals surface area contributed by atoms with Crippen LogP contribution in [0.2, 0.25) is 0 Å². The molecule has 0 aliphatic rings. The van der Waals surface area contributed by atoms with Crippen molar-refractivity contribution in [2.24, 2.45) is 0 Å². The van der Waals surface area contributed by atoms with Crippen molar-refractivity contribution in [3.8, 4) is 11.5 Å². The molecular weight excluding hydrogens is 240 g/mol. The van der Waals surface area contributed by atoms with Gasteiger partial charge in [0.25, 0.3) is 0 Å². The van der Waals surface area contributed by atoms with Crippen molar-refractivity contribution in [1.82, 2.24) is 4.98 Å². The summed E-state index contributed by atoms with van der Waals surface area (Å²) in [5.41, 5.74) is 8.47. The summed E-state index contributed by atoms with van der Waals surface area (Å²) in [5, 5.41) is 0.937. The number of ketones is 1. The van der Waals surface area contributed by atoms with Crippen LogP contribution in [0, 0.1) is 0 Å². The summed E-state index contributed by atoms with van der Waals surface area (Å²) in [6, 6.07) is 10.9. The Bertz CT molecular complexity index is 757. The number of anilines is 1. The van der Waals surface area contributed by atoms with Gasteiger partial charge < -0.3 is 10.2 Å². The second-order valence-corrected chi connectivity index (χ2v) is 4.40. The summed E-state index contributed by atoms with van der Waals surface area (Å²) in [5.74, 6) is 0.659. The highest BCUT2D eigenvalue weighted by Crippen LogP contribution is 2.27. The van der Waals surface area contributed by atoms with Crippen LogP contribution in [0.1, 0.15) is 17.3 Å². The van der Waals surface area contributed by atoms with Gasteiger partial charge in [-0.25, -0.2) is 0 Å². The Morgan fingerprint density at radius 3 is 2.74 bits per heavy atom. The average molecular weight is 252 g/mol. The summed E-state index contributed by atoms with van der Waals surface area (Å²) in [4.78, 5) is 15.4. The summed E-state index contributed by atoms with van der Waals surface area (Å²) < 4.78 is 5.71. The first-order valence-corrected chi connectivity index (χ1v) is 5.90. The second kappa shape index (κ2) is 4.24. The maximum atomic E-state index is 11.2. The van der Waals surface area contributed by atoms with Crippen molar-refractivity contribution in [2.75, 3.05) is 5.73 Å². The van der Waals surface area contributed by atoms with E-state index in [1.54, 1.807) is 24.4 Å². The van der Waals surface area contributed by atoms with Gasteiger partial charge in [0.15, 0.2) is 11.5 Å². The lowest BCUT2D eigenvalue weighted by Crippen LogP contribution is -1.93. The Morgan fingerprint density at radius 1 is 1.21 bits per heavy atom. The molecule has 0 bridgehead atoms. The Labute approximate surface area is 109 Å². The molecule has 2 heterocycles. The van der Waals surface area contributed by atoms with Crippen LogP contribution in [0.25, 0.3) is 22.4 Å². The number of carbonyl (C=O) groups excluding carboxylic acids is 1. The third kappa shape index (κ3) is 2.08. The van der Waals surface area contributed by atoms with Crippen LogP contribution >= 0.6 is 0 Å². The molecule has 0 saturated carbocycles. The van der Waals surface area contributed by atoms with Gasteiger partial charge in [-0.1, -0.05) is 0 Å². The molecular formula is C15H12N2O2. The van der Waals surface area contributed by atoms with E-state index in [1.165, 1.54) is 6.92 Å². The van der Waals surface area contributed by atoms with E-state index in [4.69, 9.17) is 10.2 Å². The van der Waals surface area contributed by atoms with Crippen LogP contribution in [0.3, 0.4) is 0 Å². The van der Waals surface area contributed by atoms with Crippen LogP contribution in [-0.4, -0.2) is 10.8 Å². The van der Waals surface area contributed by atoms with Crippen LogP contribution in [0.5, 0.6) is 0 Å². The number of Topliss-reactive ketones (excluding diaryl/α,β-unsaturated/α-hetero) is 1. The van der Waals surface area contributed by atoms with Crippen molar-refractivity contribution in [1.29, 1.82) is 0 Å². The van der Waals surface area contributed by atoms with Crippen molar-refractivity contribution >= 4 is 22.4 Å². The molecule has 19 heavy (non-hydrogen) atoms. The second-order valence-electron chi connectivity index (χ2n) is 4.40. The normalized spacial score (nSPS) is 10.8. The van der Waals surface area contributed by atoms with Crippen LogP contribution in [0.15, 0.2) is 47.0 Å². The minimum atomic E-state index is -0.00331. The standard InChI is InChI=1S/C15H12N2O2/c1-9(18)10-2-4-13(17-8-10)15-7-11-6-12(16)3-5-14(11)19-15/h2-8H,16H2,1H3. The molecule has 4 heteroatoms. The number of fused-ring (bicyclic) bond motifs is 1. The van der Waals surface area contributed by atoms with Gasteiger partial charge in [-0.3, -0.25) is 9.78 Å². The van der Waals surface area contributed by atoms with Gasteiger partial charge in [0, 0.05) is 22.8 Å². The fourth-order valence-electron chi connectivity index (χ4n) is 1.94. The summed E-state index contributed by atoms with van der Waals surface area (Å²) >= 11 is 0. The summed E-state index contributed by atoms with van der Waals surface area (Å²) in [6.45, 7) is 1.51. The number of hydrogen-bond acceptors (Lipinski definition) is 4. The molecule has 0 aliphatic carbocycles. The highest BCUT2D eigenvalue weighted by Gasteiger charge is 2.08. The van der Waals surface area contributed by atoms with E-state index in [0.29, 0.717) is 22.7 Å². The van der Waals surface area contributed by atoms with Crippen molar-refractivity contribution < 1.29 is 9.21 Å². The lowest BCUT2D eigenvalue weighted by molar-refractivity contribution is 0.101. The fraction of sp³-hybridized carbons (Fsp3) is 0.0667. The Hall–Kier alpha value is -2.62. The van der Waals surface area contributed by atoms with Gasteiger partial charge in [0.2, 0.25) is 0 Å². The van der Waals surface area contributed by atoms with Gasteiger partial charge in [-0.05, 0) is 43.3 Å². The molecule has 0 aliphatic heterocycles. The van der Waals surface area contributed by atoms with Gasteiger partial charge in [-0.2, -0.15) is 0 Å². The fourth-order valence-corrected chi connectivity index (χ4v) is 1.94. The maximum Gasteiger partial charge on any atom is 0.161 e. The molecule has 0 saturated heterocycles. The van der Waals surface area contributed by atoms with Gasteiger partial charge in [0.1, 0.15) is 11.3 Å². The van der Waals surface area contributed by atoms with Crippen LogP contribution in [-0.2, 0) is 0 Å². The zero-order chi connectivity index (χ0) is 13.4. The summed E-state index contributed by atoms with van der Waals surface area (Å²) in [6.07, 6.45) is 1.55. The minimum Gasteiger partial charge on any atom is -0.454 e. The molecule has 94 valence electrons. The molecule has 1 aromatic carbocycles. The zero-order valence-electron chi connectivity index (χ0n) is 10.4. The predicted octanol–water partition coefficient (Wildman–Crippen LogP) is 3.28. The number of carbonyl (C=O) groups is 1. The van der Waals surface area contributed by atoms with Crippen LogP contribution in [0.4, 0.5) is 5.69 Å². The lowest BCUT2D eigenvalue weighted by Gasteiger charge is -1.97. The minimum absolute atomic E-state index is 0.00331. The largest absolute Gasteiger partial charge is 0.454 e. The molecule has 2 N–H and O–H groups in total. The zero-order valence-corrected chi connectivity index (χ0v) is 10.4. The molecule has 0 spiro atoms. The smallest absolute Gasteiger partial charge is 0.161 e. The quantitative estimate of drug-likeness (QED) is 0.561. The van der Waals surface area contributed by atoms with Crippen molar-refractivity contribution in [3.05, 3.63) is 48.2 Å². The molecule has 2 aromatic heterocycles. The lowest BCUT2D eigenvalue weighted by atomic mass is 10.2. The van der Waals surface area contributed by atoms with E-state index in [9.17, 15) is 4.79 Å². The van der Waals surface area contributed by atoms with E-state index < -0.39 is 0 Å². The number of furan rings is 1. The van der Waals surface area contributed by atoms with Gasteiger partial charge in [0.05, 0.1) is 0 Å². The third-order valence-corrected chi connectivity index (χ3v) is 2.96. The number of nitrogens with two attached hydrogens (primary N) is 1. The van der Waals surface area contributed by atoms with E-state index in [1.807, 2.05) is 18.2 Å². The molecule has 3 aromatic rings. The highest BCUT2D eigenvalue weighted by molar-refractivity contribution is 5.94. The van der Waals surface area contributed by atoms with E-state index >= 15 is 0 Å². The number of benzene rings is 1. The van der Waals surface area contributed by atoms with Gasteiger partial charge >= 0.3 is 0 Å².